The second kappa shape index (κ2) is 6.87. The number of nitrogens with zero attached hydrogens (tertiary/aromatic N) is 1. The van der Waals surface area contributed by atoms with Crippen LogP contribution in [0.2, 0.25) is 0 Å². The van der Waals surface area contributed by atoms with E-state index in [9.17, 15) is 4.79 Å². The Morgan fingerprint density at radius 1 is 1.24 bits per heavy atom. The Bertz CT molecular complexity index is 605. The third-order valence-electron chi connectivity index (χ3n) is 3.78. The fourth-order valence-corrected chi connectivity index (χ4v) is 2.94. The molecule has 0 aliphatic rings. The minimum absolute atomic E-state index is 0.0137. The quantitative estimate of drug-likeness (QED) is 0.918. The van der Waals surface area contributed by atoms with Crippen molar-refractivity contribution >= 4 is 17.2 Å². The van der Waals surface area contributed by atoms with E-state index in [2.05, 4.69) is 34.0 Å². The fourth-order valence-electron chi connectivity index (χ4n) is 2.24. The molecule has 0 saturated heterocycles. The lowest BCUT2D eigenvalue weighted by molar-refractivity contribution is 0.0942. The summed E-state index contributed by atoms with van der Waals surface area (Å²) in [7, 11) is 4.06. The largest absolute Gasteiger partial charge is 0.350 e. The lowest BCUT2D eigenvalue weighted by Crippen LogP contribution is -2.34. The van der Waals surface area contributed by atoms with Crippen molar-refractivity contribution in [3.63, 3.8) is 0 Å². The van der Waals surface area contributed by atoms with E-state index in [0.717, 1.165) is 11.1 Å². The van der Waals surface area contributed by atoms with Gasteiger partial charge in [0.15, 0.2) is 0 Å². The van der Waals surface area contributed by atoms with Gasteiger partial charge >= 0.3 is 0 Å². The van der Waals surface area contributed by atoms with Crippen molar-refractivity contribution in [1.82, 2.24) is 10.2 Å². The summed E-state index contributed by atoms with van der Waals surface area (Å²) < 4.78 is 0. The first-order chi connectivity index (χ1) is 9.99. The van der Waals surface area contributed by atoms with Crippen LogP contribution in [0.5, 0.6) is 0 Å². The molecule has 0 spiro atoms. The standard InChI is InChI=1S/C17H22N2OS/c1-12-5-6-14(9-13(12)2)17(20)18-10-16(19(3)4)15-7-8-21-11-15/h5-9,11,16H,10H2,1-4H3,(H,18,20). The summed E-state index contributed by atoms with van der Waals surface area (Å²) in [6, 6.07) is 8.13. The number of likely N-dealkylation sites (N-methyl/N-ethyl adjacent to an activating group) is 1. The number of amides is 1. The Morgan fingerprint density at radius 3 is 2.57 bits per heavy atom. The Morgan fingerprint density at radius 2 is 2.00 bits per heavy atom. The van der Waals surface area contributed by atoms with Crippen molar-refractivity contribution in [2.75, 3.05) is 20.6 Å². The van der Waals surface area contributed by atoms with E-state index < -0.39 is 0 Å². The van der Waals surface area contributed by atoms with E-state index in [-0.39, 0.29) is 11.9 Å². The second-order valence-electron chi connectivity index (χ2n) is 5.55. The van der Waals surface area contributed by atoms with Crippen molar-refractivity contribution in [2.24, 2.45) is 0 Å². The average molecular weight is 302 g/mol. The van der Waals surface area contributed by atoms with E-state index in [1.807, 2.05) is 39.2 Å². The summed E-state index contributed by atoms with van der Waals surface area (Å²) in [4.78, 5) is 14.4. The van der Waals surface area contributed by atoms with Crippen LogP contribution in [0.25, 0.3) is 0 Å². The molecule has 1 unspecified atom stereocenters. The predicted octanol–water partition coefficient (Wildman–Crippen LogP) is 3.40. The van der Waals surface area contributed by atoms with Gasteiger partial charge in [0.1, 0.15) is 0 Å². The van der Waals surface area contributed by atoms with E-state index in [1.165, 1.54) is 11.1 Å². The van der Waals surface area contributed by atoms with Gasteiger partial charge in [-0.05, 0) is 73.6 Å². The molecule has 21 heavy (non-hydrogen) atoms. The molecular formula is C17H22N2OS. The maximum Gasteiger partial charge on any atom is 0.251 e. The average Bonchev–Trinajstić information content (AvgIpc) is 2.95. The number of rotatable bonds is 5. The molecule has 1 amide bonds. The SMILES string of the molecule is Cc1ccc(C(=O)NCC(c2ccsc2)N(C)C)cc1C. The zero-order chi connectivity index (χ0) is 15.4. The second-order valence-corrected chi connectivity index (χ2v) is 6.33. The summed E-state index contributed by atoms with van der Waals surface area (Å²) in [6.45, 7) is 4.69. The Labute approximate surface area is 130 Å². The highest BCUT2D eigenvalue weighted by Gasteiger charge is 2.16. The smallest absolute Gasteiger partial charge is 0.251 e. The highest BCUT2D eigenvalue weighted by molar-refractivity contribution is 7.07. The summed E-state index contributed by atoms with van der Waals surface area (Å²) in [5.74, 6) is -0.0137. The molecule has 1 aromatic heterocycles. The summed E-state index contributed by atoms with van der Waals surface area (Å²) in [5.41, 5.74) is 4.31. The van der Waals surface area contributed by atoms with Crippen LogP contribution in [0, 0.1) is 13.8 Å². The molecule has 0 fully saturated rings. The number of hydrogen-bond donors (Lipinski definition) is 1. The van der Waals surface area contributed by atoms with Crippen molar-refractivity contribution in [1.29, 1.82) is 0 Å². The van der Waals surface area contributed by atoms with Gasteiger partial charge in [-0.25, -0.2) is 0 Å². The van der Waals surface area contributed by atoms with Gasteiger partial charge in [0, 0.05) is 12.1 Å². The number of hydrogen-bond acceptors (Lipinski definition) is 3. The minimum Gasteiger partial charge on any atom is -0.350 e. The molecule has 1 heterocycles. The molecular weight excluding hydrogens is 280 g/mol. The molecule has 3 nitrogen and oxygen atoms in total. The topological polar surface area (TPSA) is 32.3 Å². The molecule has 1 N–H and O–H groups in total. The van der Waals surface area contributed by atoms with E-state index >= 15 is 0 Å². The molecule has 112 valence electrons. The van der Waals surface area contributed by atoms with Crippen LogP contribution in [0.15, 0.2) is 35.0 Å². The Hall–Kier alpha value is -1.65. The van der Waals surface area contributed by atoms with Crippen LogP contribution in [-0.4, -0.2) is 31.4 Å². The van der Waals surface area contributed by atoms with Gasteiger partial charge in [-0.15, -0.1) is 0 Å². The molecule has 2 aromatic rings. The number of nitrogens with one attached hydrogen (secondary N) is 1. The van der Waals surface area contributed by atoms with E-state index in [1.54, 1.807) is 11.3 Å². The number of benzene rings is 1. The highest BCUT2D eigenvalue weighted by Crippen LogP contribution is 2.20. The van der Waals surface area contributed by atoms with Crippen LogP contribution < -0.4 is 5.32 Å². The van der Waals surface area contributed by atoms with Gasteiger partial charge < -0.3 is 10.2 Å². The van der Waals surface area contributed by atoms with Crippen LogP contribution in [0.1, 0.15) is 33.1 Å². The molecule has 0 aliphatic carbocycles. The first kappa shape index (κ1) is 15.7. The molecule has 2 rings (SSSR count). The normalized spacial score (nSPS) is 12.4. The molecule has 0 bridgehead atoms. The van der Waals surface area contributed by atoms with Gasteiger partial charge in [-0.2, -0.15) is 11.3 Å². The Kier molecular flexibility index (Phi) is 5.15. The number of thiophene rings is 1. The maximum atomic E-state index is 12.3. The van der Waals surface area contributed by atoms with E-state index in [0.29, 0.717) is 6.54 Å². The molecule has 0 aliphatic heterocycles. The number of carbonyl (C=O) groups excluding carboxylic acids is 1. The summed E-state index contributed by atoms with van der Waals surface area (Å²) >= 11 is 1.68. The van der Waals surface area contributed by atoms with Crippen molar-refractivity contribution in [3.8, 4) is 0 Å². The zero-order valence-corrected chi connectivity index (χ0v) is 13.8. The first-order valence-electron chi connectivity index (χ1n) is 7.03. The van der Waals surface area contributed by atoms with Crippen molar-refractivity contribution in [3.05, 3.63) is 57.3 Å². The monoisotopic (exact) mass is 302 g/mol. The number of carbonyl (C=O) groups is 1. The molecule has 0 radical (unpaired) electrons. The molecule has 1 aromatic carbocycles. The van der Waals surface area contributed by atoms with Crippen LogP contribution in [0.4, 0.5) is 0 Å². The lowest BCUT2D eigenvalue weighted by Gasteiger charge is -2.24. The fraction of sp³-hybridized carbons (Fsp3) is 0.353. The zero-order valence-electron chi connectivity index (χ0n) is 13.0. The first-order valence-corrected chi connectivity index (χ1v) is 7.97. The Balaban J connectivity index is 2.03. The summed E-state index contributed by atoms with van der Waals surface area (Å²) in [5, 5.41) is 7.24. The van der Waals surface area contributed by atoms with Crippen LogP contribution in [-0.2, 0) is 0 Å². The number of aryl methyl sites for hydroxylation is 2. The highest BCUT2D eigenvalue weighted by atomic mass is 32.1. The maximum absolute atomic E-state index is 12.3. The van der Waals surface area contributed by atoms with Gasteiger partial charge in [0.25, 0.3) is 5.91 Å². The lowest BCUT2D eigenvalue weighted by atomic mass is 10.1. The van der Waals surface area contributed by atoms with Gasteiger partial charge in [0.05, 0.1) is 6.04 Å². The van der Waals surface area contributed by atoms with E-state index in [4.69, 9.17) is 0 Å². The van der Waals surface area contributed by atoms with Gasteiger partial charge in [-0.1, -0.05) is 6.07 Å². The molecule has 4 heteroatoms. The summed E-state index contributed by atoms with van der Waals surface area (Å²) in [6.07, 6.45) is 0. The third kappa shape index (κ3) is 3.93. The van der Waals surface area contributed by atoms with Crippen LogP contribution in [0.3, 0.4) is 0 Å². The predicted molar refractivity (Wildman–Crippen MR) is 89.0 cm³/mol. The van der Waals surface area contributed by atoms with Crippen molar-refractivity contribution in [2.45, 2.75) is 19.9 Å². The minimum atomic E-state index is -0.0137. The van der Waals surface area contributed by atoms with Gasteiger partial charge in [0.2, 0.25) is 0 Å². The molecule has 0 saturated carbocycles. The van der Waals surface area contributed by atoms with Gasteiger partial charge in [-0.3, -0.25) is 4.79 Å². The van der Waals surface area contributed by atoms with Crippen LogP contribution >= 0.6 is 11.3 Å². The van der Waals surface area contributed by atoms with Crippen molar-refractivity contribution < 1.29 is 4.79 Å². The molecule has 1 atom stereocenters. The third-order valence-corrected chi connectivity index (χ3v) is 4.48.